The number of carbonyl (C=O) groups excluding carboxylic acids is 1. The standard InChI is InChI=1S/C21H25N3O3/c1-26-19-12-17(13-20(14-19)27-2)21(25)23-22-15-16-6-8-18(9-7-16)24-10-4-3-5-11-24/h6-9,12-15H,3-5,10-11H2,1-2H3,(H,23,25)/b22-15+. The molecule has 1 aliphatic rings. The summed E-state index contributed by atoms with van der Waals surface area (Å²) < 4.78 is 10.4. The van der Waals surface area contributed by atoms with Crippen LogP contribution in [0.3, 0.4) is 0 Å². The van der Waals surface area contributed by atoms with Crippen molar-refractivity contribution in [3.8, 4) is 11.5 Å². The SMILES string of the molecule is COc1cc(OC)cc(C(=O)N/N=C/c2ccc(N3CCCCC3)cc2)c1. The predicted molar refractivity (Wildman–Crippen MR) is 107 cm³/mol. The molecule has 6 nitrogen and oxygen atoms in total. The zero-order valence-electron chi connectivity index (χ0n) is 15.8. The molecule has 1 N–H and O–H groups in total. The first kappa shape index (κ1) is 18.8. The van der Waals surface area contributed by atoms with Gasteiger partial charge in [-0.1, -0.05) is 12.1 Å². The highest BCUT2D eigenvalue weighted by Crippen LogP contribution is 2.22. The van der Waals surface area contributed by atoms with Crippen LogP contribution in [-0.2, 0) is 0 Å². The van der Waals surface area contributed by atoms with Gasteiger partial charge in [0.2, 0.25) is 0 Å². The van der Waals surface area contributed by atoms with Crippen molar-refractivity contribution in [1.29, 1.82) is 0 Å². The second-order valence-electron chi connectivity index (χ2n) is 6.44. The van der Waals surface area contributed by atoms with Crippen molar-refractivity contribution in [2.24, 2.45) is 5.10 Å². The van der Waals surface area contributed by atoms with E-state index in [2.05, 4.69) is 27.6 Å². The monoisotopic (exact) mass is 367 g/mol. The highest BCUT2D eigenvalue weighted by Gasteiger charge is 2.11. The number of nitrogens with one attached hydrogen (secondary N) is 1. The quantitative estimate of drug-likeness (QED) is 0.627. The van der Waals surface area contributed by atoms with Gasteiger partial charge in [0.1, 0.15) is 11.5 Å². The lowest BCUT2D eigenvalue weighted by atomic mass is 10.1. The van der Waals surface area contributed by atoms with Crippen molar-refractivity contribution in [1.82, 2.24) is 5.43 Å². The molecular weight excluding hydrogens is 342 g/mol. The summed E-state index contributed by atoms with van der Waals surface area (Å²) in [5, 5.41) is 4.05. The molecule has 0 aliphatic carbocycles. The van der Waals surface area contributed by atoms with Gasteiger partial charge in [-0.2, -0.15) is 5.10 Å². The van der Waals surface area contributed by atoms with E-state index in [4.69, 9.17) is 9.47 Å². The Morgan fingerprint density at radius 1 is 1.00 bits per heavy atom. The van der Waals surface area contributed by atoms with Crippen molar-refractivity contribution in [2.75, 3.05) is 32.2 Å². The van der Waals surface area contributed by atoms with Gasteiger partial charge in [0.25, 0.3) is 5.91 Å². The molecule has 1 fully saturated rings. The maximum Gasteiger partial charge on any atom is 0.271 e. The number of hydrogen-bond donors (Lipinski definition) is 1. The van der Waals surface area contributed by atoms with Crippen LogP contribution in [0.2, 0.25) is 0 Å². The van der Waals surface area contributed by atoms with Crippen LogP contribution in [0.5, 0.6) is 11.5 Å². The Hall–Kier alpha value is -3.02. The van der Waals surface area contributed by atoms with Crippen molar-refractivity contribution < 1.29 is 14.3 Å². The number of methoxy groups -OCH3 is 2. The summed E-state index contributed by atoms with van der Waals surface area (Å²) in [5.41, 5.74) is 5.12. The highest BCUT2D eigenvalue weighted by atomic mass is 16.5. The molecule has 0 spiro atoms. The minimum atomic E-state index is -0.326. The molecule has 6 heteroatoms. The van der Waals surface area contributed by atoms with E-state index in [1.54, 1.807) is 38.6 Å². The summed E-state index contributed by atoms with van der Waals surface area (Å²) in [4.78, 5) is 14.7. The van der Waals surface area contributed by atoms with E-state index >= 15 is 0 Å². The number of nitrogens with zero attached hydrogens (tertiary/aromatic N) is 2. The smallest absolute Gasteiger partial charge is 0.271 e. The number of carbonyl (C=O) groups is 1. The Morgan fingerprint density at radius 2 is 1.63 bits per heavy atom. The van der Waals surface area contributed by atoms with E-state index in [-0.39, 0.29) is 5.91 Å². The van der Waals surface area contributed by atoms with Crippen LogP contribution >= 0.6 is 0 Å². The molecule has 27 heavy (non-hydrogen) atoms. The first-order valence-electron chi connectivity index (χ1n) is 9.11. The first-order valence-corrected chi connectivity index (χ1v) is 9.11. The summed E-state index contributed by atoms with van der Waals surface area (Å²) >= 11 is 0. The van der Waals surface area contributed by atoms with Crippen LogP contribution in [0.4, 0.5) is 5.69 Å². The fourth-order valence-corrected chi connectivity index (χ4v) is 3.09. The number of anilines is 1. The molecular formula is C21H25N3O3. The lowest BCUT2D eigenvalue weighted by Crippen LogP contribution is -2.29. The molecule has 0 aromatic heterocycles. The maximum absolute atomic E-state index is 12.3. The van der Waals surface area contributed by atoms with Crippen LogP contribution in [0.1, 0.15) is 35.2 Å². The Bertz CT molecular complexity index is 775. The van der Waals surface area contributed by atoms with Gasteiger partial charge in [-0.05, 0) is 49.1 Å². The molecule has 2 aromatic carbocycles. The van der Waals surface area contributed by atoms with Gasteiger partial charge in [0, 0.05) is 30.4 Å². The number of benzene rings is 2. The third kappa shape index (κ3) is 5.00. The molecule has 1 amide bonds. The Labute approximate surface area is 159 Å². The van der Waals surface area contributed by atoms with Crippen molar-refractivity contribution in [3.05, 3.63) is 53.6 Å². The molecule has 1 aliphatic heterocycles. The predicted octanol–water partition coefficient (Wildman–Crippen LogP) is 3.46. The number of amides is 1. The maximum atomic E-state index is 12.3. The third-order valence-corrected chi connectivity index (χ3v) is 4.61. The van der Waals surface area contributed by atoms with Gasteiger partial charge in [-0.25, -0.2) is 5.43 Å². The molecule has 142 valence electrons. The number of hydrazone groups is 1. The van der Waals surface area contributed by atoms with E-state index in [1.807, 2.05) is 12.1 Å². The molecule has 0 unspecified atom stereocenters. The average Bonchev–Trinajstić information content (AvgIpc) is 2.74. The zero-order valence-corrected chi connectivity index (χ0v) is 15.8. The van der Waals surface area contributed by atoms with Crippen LogP contribution in [-0.4, -0.2) is 39.4 Å². The van der Waals surface area contributed by atoms with Crippen LogP contribution in [0.15, 0.2) is 47.6 Å². The summed E-state index contributed by atoms with van der Waals surface area (Å²) in [6.07, 6.45) is 5.46. The largest absolute Gasteiger partial charge is 0.497 e. The minimum absolute atomic E-state index is 0.326. The lowest BCUT2D eigenvalue weighted by molar-refractivity contribution is 0.0954. The van der Waals surface area contributed by atoms with Crippen LogP contribution in [0, 0.1) is 0 Å². The van der Waals surface area contributed by atoms with Gasteiger partial charge < -0.3 is 14.4 Å². The Morgan fingerprint density at radius 3 is 2.22 bits per heavy atom. The van der Waals surface area contributed by atoms with Gasteiger partial charge in [0.15, 0.2) is 0 Å². The van der Waals surface area contributed by atoms with Gasteiger partial charge in [0.05, 0.1) is 20.4 Å². The molecule has 0 radical (unpaired) electrons. The fraction of sp³-hybridized carbons (Fsp3) is 0.333. The lowest BCUT2D eigenvalue weighted by Gasteiger charge is -2.28. The van der Waals surface area contributed by atoms with Crippen molar-refractivity contribution in [3.63, 3.8) is 0 Å². The second-order valence-corrected chi connectivity index (χ2v) is 6.44. The summed E-state index contributed by atoms with van der Waals surface area (Å²) in [7, 11) is 3.09. The fourth-order valence-electron chi connectivity index (χ4n) is 3.09. The Balaban J connectivity index is 1.60. The molecule has 3 rings (SSSR count). The average molecular weight is 367 g/mol. The topological polar surface area (TPSA) is 63.2 Å². The molecule has 1 saturated heterocycles. The zero-order chi connectivity index (χ0) is 19.1. The van der Waals surface area contributed by atoms with Gasteiger partial charge in [-0.3, -0.25) is 4.79 Å². The molecule has 1 heterocycles. The highest BCUT2D eigenvalue weighted by molar-refractivity contribution is 5.95. The Kier molecular flexibility index (Phi) is 6.30. The van der Waals surface area contributed by atoms with E-state index < -0.39 is 0 Å². The van der Waals surface area contributed by atoms with E-state index in [9.17, 15) is 4.79 Å². The van der Waals surface area contributed by atoms with Crippen molar-refractivity contribution in [2.45, 2.75) is 19.3 Å². The molecule has 0 bridgehead atoms. The van der Waals surface area contributed by atoms with E-state index in [0.717, 1.165) is 18.7 Å². The van der Waals surface area contributed by atoms with Crippen LogP contribution < -0.4 is 19.8 Å². The van der Waals surface area contributed by atoms with E-state index in [1.165, 1.54) is 24.9 Å². The second kappa shape index (κ2) is 9.07. The molecule has 0 atom stereocenters. The number of ether oxygens (including phenoxy) is 2. The summed E-state index contributed by atoms with van der Waals surface area (Å²) in [6, 6.07) is 13.2. The normalized spacial score (nSPS) is 14.2. The molecule has 0 saturated carbocycles. The van der Waals surface area contributed by atoms with Crippen molar-refractivity contribution >= 4 is 17.8 Å². The van der Waals surface area contributed by atoms with E-state index in [0.29, 0.717) is 17.1 Å². The van der Waals surface area contributed by atoms with Gasteiger partial charge >= 0.3 is 0 Å². The summed E-state index contributed by atoms with van der Waals surface area (Å²) in [5.74, 6) is 0.780. The number of hydrogen-bond acceptors (Lipinski definition) is 5. The first-order chi connectivity index (χ1) is 13.2. The molecule has 2 aromatic rings. The third-order valence-electron chi connectivity index (χ3n) is 4.61. The summed E-state index contributed by atoms with van der Waals surface area (Å²) in [6.45, 7) is 2.24. The number of piperidine rings is 1. The van der Waals surface area contributed by atoms with Gasteiger partial charge in [-0.15, -0.1) is 0 Å². The number of rotatable bonds is 6. The minimum Gasteiger partial charge on any atom is -0.497 e. The van der Waals surface area contributed by atoms with Crippen LogP contribution in [0.25, 0.3) is 0 Å².